The van der Waals surface area contributed by atoms with Crippen LogP contribution in [-0.2, 0) is 0 Å². The summed E-state index contributed by atoms with van der Waals surface area (Å²) in [6.07, 6.45) is 5.49. The lowest BCUT2D eigenvalue weighted by atomic mass is 9.97. The third-order valence-electron chi connectivity index (χ3n) is 4.23. The SMILES string of the molecule is CC1CN2CCCCC2CN1c1ccnc(F)c1. The van der Waals surface area contributed by atoms with Gasteiger partial charge >= 0.3 is 0 Å². The van der Waals surface area contributed by atoms with Crippen molar-refractivity contribution >= 4 is 5.69 Å². The van der Waals surface area contributed by atoms with E-state index in [0.29, 0.717) is 12.1 Å². The minimum Gasteiger partial charge on any atom is -0.366 e. The van der Waals surface area contributed by atoms with Gasteiger partial charge in [-0.3, -0.25) is 4.90 Å². The Kier molecular flexibility index (Phi) is 3.20. The highest BCUT2D eigenvalue weighted by Gasteiger charge is 2.33. The van der Waals surface area contributed by atoms with Crippen molar-refractivity contribution in [1.82, 2.24) is 9.88 Å². The van der Waals surface area contributed by atoms with E-state index in [4.69, 9.17) is 0 Å². The largest absolute Gasteiger partial charge is 0.366 e. The van der Waals surface area contributed by atoms with Crippen LogP contribution in [0.1, 0.15) is 26.2 Å². The predicted octanol–water partition coefficient (Wildman–Crippen LogP) is 2.28. The molecule has 2 aliphatic heterocycles. The maximum absolute atomic E-state index is 13.2. The monoisotopic (exact) mass is 249 g/mol. The van der Waals surface area contributed by atoms with Gasteiger partial charge in [0.05, 0.1) is 0 Å². The summed E-state index contributed by atoms with van der Waals surface area (Å²) < 4.78 is 13.2. The quantitative estimate of drug-likeness (QED) is 0.712. The van der Waals surface area contributed by atoms with Gasteiger partial charge < -0.3 is 4.90 Å². The first-order valence-electron chi connectivity index (χ1n) is 6.86. The minimum absolute atomic E-state index is 0.384. The van der Waals surface area contributed by atoms with Gasteiger partial charge in [-0.05, 0) is 32.4 Å². The van der Waals surface area contributed by atoms with Gasteiger partial charge in [-0.2, -0.15) is 4.39 Å². The molecule has 0 N–H and O–H groups in total. The highest BCUT2D eigenvalue weighted by molar-refractivity contribution is 5.47. The molecule has 0 saturated carbocycles. The maximum atomic E-state index is 13.2. The van der Waals surface area contributed by atoms with Gasteiger partial charge in [-0.1, -0.05) is 6.42 Å². The van der Waals surface area contributed by atoms with E-state index in [9.17, 15) is 4.39 Å². The zero-order valence-electron chi connectivity index (χ0n) is 10.8. The van der Waals surface area contributed by atoms with Gasteiger partial charge in [0.25, 0.3) is 0 Å². The van der Waals surface area contributed by atoms with Gasteiger partial charge in [0.2, 0.25) is 5.95 Å². The van der Waals surface area contributed by atoms with Crippen LogP contribution >= 0.6 is 0 Å². The Morgan fingerprint density at radius 2 is 2.22 bits per heavy atom. The number of piperidine rings is 1. The van der Waals surface area contributed by atoms with Crippen LogP contribution in [0.3, 0.4) is 0 Å². The second-order valence-corrected chi connectivity index (χ2v) is 5.48. The predicted molar refractivity (Wildman–Crippen MR) is 70.2 cm³/mol. The Morgan fingerprint density at radius 3 is 3.06 bits per heavy atom. The smallest absolute Gasteiger partial charge is 0.214 e. The van der Waals surface area contributed by atoms with Crippen LogP contribution in [0.5, 0.6) is 0 Å². The van der Waals surface area contributed by atoms with E-state index in [1.54, 1.807) is 12.3 Å². The fourth-order valence-electron chi connectivity index (χ4n) is 3.28. The first kappa shape index (κ1) is 11.9. The van der Waals surface area contributed by atoms with Crippen LogP contribution in [0.4, 0.5) is 10.1 Å². The Bertz CT molecular complexity index is 423. The van der Waals surface area contributed by atoms with Gasteiger partial charge in [-0.25, -0.2) is 4.98 Å². The number of nitrogens with zero attached hydrogens (tertiary/aromatic N) is 3. The second kappa shape index (κ2) is 4.84. The molecule has 0 amide bonds. The van der Waals surface area contributed by atoms with Gasteiger partial charge in [0.15, 0.2) is 0 Å². The highest BCUT2D eigenvalue weighted by atomic mass is 19.1. The van der Waals surface area contributed by atoms with Crippen molar-refractivity contribution in [1.29, 1.82) is 0 Å². The van der Waals surface area contributed by atoms with Crippen LogP contribution in [-0.4, -0.2) is 41.6 Å². The number of aromatic nitrogens is 1. The summed E-state index contributed by atoms with van der Waals surface area (Å²) in [6, 6.07) is 4.56. The molecule has 1 aromatic rings. The zero-order valence-corrected chi connectivity index (χ0v) is 10.8. The van der Waals surface area contributed by atoms with Crippen molar-refractivity contribution in [2.75, 3.05) is 24.5 Å². The average Bonchev–Trinajstić information content (AvgIpc) is 2.38. The summed E-state index contributed by atoms with van der Waals surface area (Å²) in [5.74, 6) is -0.384. The molecular formula is C14H20FN3. The summed E-state index contributed by atoms with van der Waals surface area (Å²) in [5, 5.41) is 0. The average molecular weight is 249 g/mol. The van der Waals surface area contributed by atoms with E-state index in [2.05, 4.69) is 21.7 Å². The molecule has 2 unspecified atom stereocenters. The van der Waals surface area contributed by atoms with E-state index < -0.39 is 0 Å². The van der Waals surface area contributed by atoms with E-state index in [0.717, 1.165) is 18.8 Å². The van der Waals surface area contributed by atoms with Crippen LogP contribution in [0.25, 0.3) is 0 Å². The zero-order chi connectivity index (χ0) is 12.5. The van der Waals surface area contributed by atoms with Gasteiger partial charge in [-0.15, -0.1) is 0 Å². The Balaban J connectivity index is 1.80. The van der Waals surface area contributed by atoms with Crippen molar-refractivity contribution in [3.8, 4) is 0 Å². The van der Waals surface area contributed by atoms with E-state index in [1.165, 1.54) is 25.8 Å². The summed E-state index contributed by atoms with van der Waals surface area (Å²) >= 11 is 0. The third-order valence-corrected chi connectivity index (χ3v) is 4.23. The molecule has 98 valence electrons. The van der Waals surface area contributed by atoms with Crippen LogP contribution in [0, 0.1) is 5.95 Å². The fourth-order valence-corrected chi connectivity index (χ4v) is 3.28. The number of hydrogen-bond acceptors (Lipinski definition) is 3. The summed E-state index contributed by atoms with van der Waals surface area (Å²) in [4.78, 5) is 8.57. The Morgan fingerprint density at radius 1 is 1.33 bits per heavy atom. The Labute approximate surface area is 108 Å². The molecular weight excluding hydrogens is 229 g/mol. The minimum atomic E-state index is -0.384. The summed E-state index contributed by atoms with van der Waals surface area (Å²) in [7, 11) is 0. The van der Waals surface area contributed by atoms with Gasteiger partial charge in [0, 0.05) is 43.1 Å². The Hall–Kier alpha value is -1.16. The molecule has 2 fully saturated rings. The number of piperazine rings is 1. The molecule has 4 heteroatoms. The highest BCUT2D eigenvalue weighted by Crippen LogP contribution is 2.27. The van der Waals surface area contributed by atoms with E-state index >= 15 is 0 Å². The molecule has 1 aromatic heterocycles. The third kappa shape index (κ3) is 2.21. The second-order valence-electron chi connectivity index (χ2n) is 5.48. The number of anilines is 1. The molecule has 2 aliphatic rings. The van der Waals surface area contributed by atoms with Crippen LogP contribution in [0.15, 0.2) is 18.3 Å². The molecule has 0 aromatic carbocycles. The molecule has 0 radical (unpaired) electrons. The van der Waals surface area contributed by atoms with Crippen LogP contribution in [0.2, 0.25) is 0 Å². The lowest BCUT2D eigenvalue weighted by Gasteiger charge is -2.48. The molecule has 2 saturated heterocycles. The van der Waals surface area contributed by atoms with Crippen molar-refractivity contribution in [2.24, 2.45) is 0 Å². The van der Waals surface area contributed by atoms with Gasteiger partial charge in [0.1, 0.15) is 0 Å². The van der Waals surface area contributed by atoms with Crippen molar-refractivity contribution in [3.05, 3.63) is 24.3 Å². The summed E-state index contributed by atoms with van der Waals surface area (Å²) in [5.41, 5.74) is 0.972. The normalized spacial score (nSPS) is 29.1. The topological polar surface area (TPSA) is 19.4 Å². The van der Waals surface area contributed by atoms with Crippen molar-refractivity contribution in [3.63, 3.8) is 0 Å². The number of halogens is 1. The first-order valence-corrected chi connectivity index (χ1v) is 6.86. The molecule has 3 heterocycles. The molecule has 18 heavy (non-hydrogen) atoms. The molecule has 3 rings (SSSR count). The lowest BCUT2D eigenvalue weighted by molar-refractivity contribution is 0.115. The lowest BCUT2D eigenvalue weighted by Crippen LogP contribution is -2.58. The number of hydrogen-bond donors (Lipinski definition) is 0. The number of fused-ring (bicyclic) bond motifs is 1. The van der Waals surface area contributed by atoms with Crippen molar-refractivity contribution in [2.45, 2.75) is 38.3 Å². The summed E-state index contributed by atoms with van der Waals surface area (Å²) in [6.45, 7) is 5.57. The standard InChI is InChI=1S/C14H20FN3/c1-11-9-17-7-3-2-4-13(17)10-18(11)12-5-6-16-14(15)8-12/h5-6,8,11,13H,2-4,7,9-10H2,1H3. The molecule has 0 bridgehead atoms. The van der Waals surface area contributed by atoms with E-state index in [-0.39, 0.29) is 5.95 Å². The molecule has 3 nitrogen and oxygen atoms in total. The number of pyridine rings is 1. The van der Waals surface area contributed by atoms with Crippen molar-refractivity contribution < 1.29 is 4.39 Å². The van der Waals surface area contributed by atoms with E-state index in [1.807, 2.05) is 6.07 Å². The molecule has 2 atom stereocenters. The number of rotatable bonds is 1. The fraction of sp³-hybridized carbons (Fsp3) is 0.643. The van der Waals surface area contributed by atoms with Crippen LogP contribution < -0.4 is 4.90 Å². The molecule has 0 spiro atoms. The first-order chi connectivity index (χ1) is 8.74. The molecule has 0 aliphatic carbocycles. The maximum Gasteiger partial charge on any atom is 0.214 e.